The molecule has 0 aliphatic carbocycles. The standard InChI is InChI=1S/C13H11ClFNO/c14-9-3-1-8(2-4-9)13(16)11-7-10(15)5-6-12(11)17/h1-7,13,17H,16H2/t13-/m1/s1. The molecule has 1 atom stereocenters. The molecule has 0 aliphatic heterocycles. The molecule has 0 unspecified atom stereocenters. The highest BCUT2D eigenvalue weighted by Crippen LogP contribution is 2.28. The molecule has 0 amide bonds. The van der Waals surface area contributed by atoms with Gasteiger partial charge >= 0.3 is 0 Å². The Labute approximate surface area is 103 Å². The Bertz CT molecular complexity index is 527. The molecule has 17 heavy (non-hydrogen) atoms. The first-order valence-corrected chi connectivity index (χ1v) is 5.45. The van der Waals surface area contributed by atoms with E-state index in [0.29, 0.717) is 10.6 Å². The van der Waals surface area contributed by atoms with Crippen LogP contribution >= 0.6 is 11.6 Å². The minimum Gasteiger partial charge on any atom is -0.508 e. The molecule has 2 aromatic rings. The highest BCUT2D eigenvalue weighted by molar-refractivity contribution is 6.30. The van der Waals surface area contributed by atoms with E-state index in [0.717, 1.165) is 5.56 Å². The Hall–Kier alpha value is -1.58. The molecule has 2 rings (SSSR count). The van der Waals surface area contributed by atoms with Crippen LogP contribution in [0.15, 0.2) is 42.5 Å². The number of aromatic hydroxyl groups is 1. The van der Waals surface area contributed by atoms with Crippen molar-refractivity contribution >= 4 is 11.6 Å². The lowest BCUT2D eigenvalue weighted by atomic mass is 9.99. The van der Waals surface area contributed by atoms with Crippen LogP contribution in [0.3, 0.4) is 0 Å². The van der Waals surface area contributed by atoms with Crippen LogP contribution < -0.4 is 5.73 Å². The number of halogens is 2. The van der Waals surface area contributed by atoms with E-state index in [1.807, 2.05) is 0 Å². The maximum atomic E-state index is 13.1. The highest BCUT2D eigenvalue weighted by Gasteiger charge is 2.13. The van der Waals surface area contributed by atoms with Gasteiger partial charge in [0, 0.05) is 10.6 Å². The number of phenols is 1. The van der Waals surface area contributed by atoms with Crippen LogP contribution in [0.1, 0.15) is 17.2 Å². The molecule has 4 heteroatoms. The first-order chi connectivity index (χ1) is 8.08. The van der Waals surface area contributed by atoms with Crippen molar-refractivity contribution in [3.63, 3.8) is 0 Å². The minimum atomic E-state index is -0.581. The fourth-order valence-electron chi connectivity index (χ4n) is 1.62. The number of hydrogen-bond donors (Lipinski definition) is 2. The quantitative estimate of drug-likeness (QED) is 0.861. The second-order valence-electron chi connectivity index (χ2n) is 3.73. The third-order valence-electron chi connectivity index (χ3n) is 2.55. The summed E-state index contributed by atoms with van der Waals surface area (Å²) in [6.45, 7) is 0. The van der Waals surface area contributed by atoms with Crippen molar-refractivity contribution < 1.29 is 9.50 Å². The van der Waals surface area contributed by atoms with E-state index < -0.39 is 11.9 Å². The molecule has 88 valence electrons. The molecule has 0 spiro atoms. The fraction of sp³-hybridized carbons (Fsp3) is 0.0769. The lowest BCUT2D eigenvalue weighted by molar-refractivity contribution is 0.462. The normalized spacial score (nSPS) is 12.4. The molecule has 0 radical (unpaired) electrons. The monoisotopic (exact) mass is 251 g/mol. The molecule has 0 aromatic heterocycles. The van der Waals surface area contributed by atoms with Crippen LogP contribution in [0.25, 0.3) is 0 Å². The molecule has 0 fully saturated rings. The maximum absolute atomic E-state index is 13.1. The van der Waals surface area contributed by atoms with Gasteiger partial charge in [0.1, 0.15) is 11.6 Å². The maximum Gasteiger partial charge on any atom is 0.123 e. The number of rotatable bonds is 2. The second-order valence-corrected chi connectivity index (χ2v) is 4.17. The zero-order chi connectivity index (χ0) is 12.4. The van der Waals surface area contributed by atoms with Gasteiger partial charge in [0.15, 0.2) is 0 Å². The fourth-order valence-corrected chi connectivity index (χ4v) is 1.75. The Balaban J connectivity index is 2.39. The van der Waals surface area contributed by atoms with E-state index in [1.165, 1.54) is 18.2 Å². The summed E-state index contributed by atoms with van der Waals surface area (Å²) in [6.07, 6.45) is 0. The molecule has 0 saturated heterocycles. The van der Waals surface area contributed by atoms with Crippen LogP contribution in [-0.4, -0.2) is 5.11 Å². The highest BCUT2D eigenvalue weighted by atomic mass is 35.5. The molecule has 0 bridgehead atoms. The number of hydrogen-bond acceptors (Lipinski definition) is 2. The minimum absolute atomic E-state index is 0.0196. The zero-order valence-electron chi connectivity index (χ0n) is 8.90. The molecular weight excluding hydrogens is 241 g/mol. The van der Waals surface area contributed by atoms with E-state index in [9.17, 15) is 9.50 Å². The van der Waals surface area contributed by atoms with Crippen LogP contribution in [0.4, 0.5) is 4.39 Å². The second kappa shape index (κ2) is 4.73. The van der Waals surface area contributed by atoms with Crippen molar-refractivity contribution in [2.75, 3.05) is 0 Å². The van der Waals surface area contributed by atoms with Gasteiger partial charge in [-0.05, 0) is 35.9 Å². The van der Waals surface area contributed by atoms with Crippen LogP contribution in [0.5, 0.6) is 5.75 Å². The number of nitrogens with two attached hydrogens (primary N) is 1. The van der Waals surface area contributed by atoms with Crippen molar-refractivity contribution in [1.82, 2.24) is 0 Å². The van der Waals surface area contributed by atoms with Gasteiger partial charge in [-0.15, -0.1) is 0 Å². The van der Waals surface area contributed by atoms with E-state index in [1.54, 1.807) is 24.3 Å². The summed E-state index contributed by atoms with van der Waals surface area (Å²) in [6, 6.07) is 10.0. The van der Waals surface area contributed by atoms with Crippen molar-refractivity contribution in [1.29, 1.82) is 0 Å². The topological polar surface area (TPSA) is 46.2 Å². The summed E-state index contributed by atoms with van der Waals surface area (Å²) in [4.78, 5) is 0. The van der Waals surface area contributed by atoms with Gasteiger partial charge in [0.05, 0.1) is 6.04 Å². The Morgan fingerprint density at radius 1 is 1.12 bits per heavy atom. The van der Waals surface area contributed by atoms with Crippen molar-refractivity contribution in [2.45, 2.75) is 6.04 Å². The summed E-state index contributed by atoms with van der Waals surface area (Å²) in [7, 11) is 0. The number of benzene rings is 2. The molecule has 0 heterocycles. The van der Waals surface area contributed by atoms with Gasteiger partial charge in [-0.1, -0.05) is 23.7 Å². The molecule has 0 saturated carbocycles. The number of phenolic OH excluding ortho intramolecular Hbond substituents is 1. The van der Waals surface area contributed by atoms with Gasteiger partial charge in [-0.3, -0.25) is 0 Å². The lowest BCUT2D eigenvalue weighted by Crippen LogP contribution is -2.12. The third-order valence-corrected chi connectivity index (χ3v) is 2.81. The van der Waals surface area contributed by atoms with Gasteiger partial charge in [-0.25, -0.2) is 4.39 Å². The molecule has 0 aliphatic rings. The molecular formula is C13H11ClFNO. The predicted molar refractivity (Wildman–Crippen MR) is 65.5 cm³/mol. The van der Waals surface area contributed by atoms with Crippen LogP contribution in [-0.2, 0) is 0 Å². The van der Waals surface area contributed by atoms with Crippen LogP contribution in [0, 0.1) is 5.82 Å². The largest absolute Gasteiger partial charge is 0.508 e. The lowest BCUT2D eigenvalue weighted by Gasteiger charge is -2.14. The van der Waals surface area contributed by atoms with Crippen molar-refractivity contribution in [2.24, 2.45) is 5.73 Å². The van der Waals surface area contributed by atoms with Gasteiger partial charge in [-0.2, -0.15) is 0 Å². The molecule has 2 nitrogen and oxygen atoms in total. The Kier molecular flexibility index (Phi) is 3.31. The van der Waals surface area contributed by atoms with E-state index in [-0.39, 0.29) is 5.75 Å². The first kappa shape index (κ1) is 11.9. The van der Waals surface area contributed by atoms with Crippen molar-refractivity contribution in [3.8, 4) is 5.75 Å². The van der Waals surface area contributed by atoms with E-state index >= 15 is 0 Å². The SMILES string of the molecule is N[C@H](c1ccc(Cl)cc1)c1cc(F)ccc1O. The average molecular weight is 252 g/mol. The smallest absolute Gasteiger partial charge is 0.123 e. The molecule has 3 N–H and O–H groups in total. The summed E-state index contributed by atoms with van der Waals surface area (Å²) in [5, 5.41) is 10.2. The van der Waals surface area contributed by atoms with E-state index in [2.05, 4.69) is 0 Å². The third kappa shape index (κ3) is 2.57. The van der Waals surface area contributed by atoms with Crippen molar-refractivity contribution in [3.05, 3.63) is 64.4 Å². The summed E-state index contributed by atoms with van der Waals surface area (Å²) in [5.41, 5.74) is 7.08. The first-order valence-electron chi connectivity index (χ1n) is 5.07. The van der Waals surface area contributed by atoms with Gasteiger partial charge in [0.25, 0.3) is 0 Å². The van der Waals surface area contributed by atoms with Crippen LogP contribution in [0.2, 0.25) is 5.02 Å². The average Bonchev–Trinajstić information content (AvgIpc) is 2.32. The summed E-state index contributed by atoms with van der Waals surface area (Å²) < 4.78 is 13.1. The summed E-state index contributed by atoms with van der Waals surface area (Å²) in [5.74, 6) is -0.448. The predicted octanol–water partition coefficient (Wildman–Crippen LogP) is 3.23. The molecule has 2 aromatic carbocycles. The van der Waals surface area contributed by atoms with Gasteiger partial charge < -0.3 is 10.8 Å². The van der Waals surface area contributed by atoms with Gasteiger partial charge in [0.2, 0.25) is 0 Å². The van der Waals surface area contributed by atoms with E-state index in [4.69, 9.17) is 17.3 Å². The zero-order valence-corrected chi connectivity index (χ0v) is 9.66. The Morgan fingerprint density at radius 2 is 1.76 bits per heavy atom. The Morgan fingerprint density at radius 3 is 2.41 bits per heavy atom. The summed E-state index contributed by atoms with van der Waals surface area (Å²) >= 11 is 5.77.